The number of nitrogens with zero attached hydrogens (tertiary/aromatic N) is 1. The van der Waals surface area contributed by atoms with E-state index in [0.29, 0.717) is 5.75 Å². The van der Waals surface area contributed by atoms with Gasteiger partial charge in [-0.15, -0.1) is 0 Å². The van der Waals surface area contributed by atoms with E-state index >= 15 is 0 Å². The number of anilines is 1. The zero-order valence-electron chi connectivity index (χ0n) is 13.6. The Kier molecular flexibility index (Phi) is 5.39. The molecule has 24 heavy (non-hydrogen) atoms. The van der Waals surface area contributed by atoms with Crippen LogP contribution in [0.5, 0.6) is 0 Å². The fourth-order valence-corrected chi connectivity index (χ4v) is 3.32. The monoisotopic (exact) mass is 336 g/mol. The Bertz CT molecular complexity index is 767. The van der Waals surface area contributed by atoms with Gasteiger partial charge < -0.3 is 5.32 Å². The number of hydrogen-bond acceptors (Lipinski definition) is 3. The summed E-state index contributed by atoms with van der Waals surface area (Å²) in [6.07, 6.45) is 3.53. The molecular formula is C20H20N2OS. The Morgan fingerprint density at radius 1 is 1.00 bits per heavy atom. The minimum Gasteiger partial charge on any atom is -0.373 e. The van der Waals surface area contributed by atoms with Crippen LogP contribution in [-0.4, -0.2) is 15.4 Å². The van der Waals surface area contributed by atoms with Gasteiger partial charge in [0.2, 0.25) is 0 Å². The standard InChI is InChI=1S/C20H20N2OS/c1-24(23)15-16-8-7-11-18(14-16)22-20(17-9-3-2-4-10-17)19-12-5-6-13-21-19/h2-14,20,22H,15H2,1H3. The van der Waals surface area contributed by atoms with E-state index in [-0.39, 0.29) is 6.04 Å². The number of pyridine rings is 1. The van der Waals surface area contributed by atoms with Crippen LogP contribution in [0.1, 0.15) is 22.9 Å². The SMILES string of the molecule is CS(=O)Cc1cccc(NC(c2ccccc2)c2ccccn2)c1. The van der Waals surface area contributed by atoms with Gasteiger partial charge in [-0.25, -0.2) is 0 Å². The first kappa shape index (κ1) is 16.4. The lowest BCUT2D eigenvalue weighted by Gasteiger charge is -2.20. The molecule has 0 spiro atoms. The van der Waals surface area contributed by atoms with E-state index in [0.717, 1.165) is 22.5 Å². The maximum atomic E-state index is 11.5. The highest BCUT2D eigenvalue weighted by atomic mass is 32.2. The number of nitrogens with one attached hydrogen (secondary N) is 1. The van der Waals surface area contributed by atoms with Crippen LogP contribution in [-0.2, 0) is 16.6 Å². The zero-order chi connectivity index (χ0) is 16.8. The molecule has 3 nitrogen and oxygen atoms in total. The van der Waals surface area contributed by atoms with Gasteiger partial charge in [0.1, 0.15) is 0 Å². The van der Waals surface area contributed by atoms with Crippen LogP contribution in [0.4, 0.5) is 5.69 Å². The van der Waals surface area contributed by atoms with Gasteiger partial charge in [-0.3, -0.25) is 9.19 Å². The molecule has 0 aliphatic carbocycles. The summed E-state index contributed by atoms with van der Waals surface area (Å²) in [4.78, 5) is 4.51. The molecule has 1 N–H and O–H groups in total. The van der Waals surface area contributed by atoms with Crippen molar-refractivity contribution >= 4 is 16.5 Å². The van der Waals surface area contributed by atoms with Crippen molar-refractivity contribution in [3.8, 4) is 0 Å². The lowest BCUT2D eigenvalue weighted by Crippen LogP contribution is -2.13. The summed E-state index contributed by atoms with van der Waals surface area (Å²) in [5.74, 6) is 0.565. The summed E-state index contributed by atoms with van der Waals surface area (Å²) in [6.45, 7) is 0. The second kappa shape index (κ2) is 7.88. The molecule has 122 valence electrons. The second-order valence-electron chi connectivity index (χ2n) is 5.66. The highest BCUT2D eigenvalue weighted by molar-refractivity contribution is 7.83. The molecule has 1 aromatic heterocycles. The second-order valence-corrected chi connectivity index (χ2v) is 7.10. The molecule has 2 unspecified atom stereocenters. The third-order valence-electron chi connectivity index (χ3n) is 3.72. The smallest absolute Gasteiger partial charge is 0.0940 e. The zero-order valence-corrected chi connectivity index (χ0v) is 14.4. The largest absolute Gasteiger partial charge is 0.373 e. The van der Waals surface area contributed by atoms with Crippen molar-refractivity contribution in [3.05, 3.63) is 95.8 Å². The quantitative estimate of drug-likeness (QED) is 0.735. The molecule has 1 heterocycles. The molecule has 0 aliphatic rings. The van der Waals surface area contributed by atoms with Crippen LogP contribution in [0.15, 0.2) is 79.0 Å². The van der Waals surface area contributed by atoms with Crippen LogP contribution in [0.2, 0.25) is 0 Å². The maximum Gasteiger partial charge on any atom is 0.0940 e. The van der Waals surface area contributed by atoms with Crippen molar-refractivity contribution in [2.75, 3.05) is 11.6 Å². The highest BCUT2D eigenvalue weighted by Gasteiger charge is 2.15. The number of hydrogen-bond donors (Lipinski definition) is 1. The first-order valence-electron chi connectivity index (χ1n) is 7.84. The fraction of sp³-hybridized carbons (Fsp3) is 0.150. The summed E-state index contributed by atoms with van der Waals surface area (Å²) < 4.78 is 11.5. The highest BCUT2D eigenvalue weighted by Crippen LogP contribution is 2.25. The Balaban J connectivity index is 1.92. The topological polar surface area (TPSA) is 42.0 Å². The normalized spacial score (nSPS) is 13.2. The van der Waals surface area contributed by atoms with Gasteiger partial charge in [0.05, 0.1) is 11.7 Å². The third kappa shape index (κ3) is 4.30. The van der Waals surface area contributed by atoms with Crippen LogP contribution in [0.3, 0.4) is 0 Å². The van der Waals surface area contributed by atoms with E-state index in [9.17, 15) is 4.21 Å². The van der Waals surface area contributed by atoms with Crippen molar-refractivity contribution in [1.82, 2.24) is 4.98 Å². The van der Waals surface area contributed by atoms with Crippen molar-refractivity contribution in [2.24, 2.45) is 0 Å². The molecule has 0 saturated heterocycles. The van der Waals surface area contributed by atoms with E-state index in [4.69, 9.17) is 0 Å². The van der Waals surface area contributed by atoms with Crippen molar-refractivity contribution < 1.29 is 4.21 Å². The minimum absolute atomic E-state index is 0.0326. The molecule has 0 aliphatic heterocycles. The average molecular weight is 336 g/mol. The molecule has 0 fully saturated rings. The molecule has 3 rings (SSSR count). The Morgan fingerprint density at radius 3 is 2.50 bits per heavy atom. The molecule has 2 aromatic carbocycles. The predicted octanol–water partition coefficient (Wildman–Crippen LogP) is 4.16. The van der Waals surface area contributed by atoms with E-state index < -0.39 is 10.8 Å². The summed E-state index contributed by atoms with van der Waals surface area (Å²) in [5.41, 5.74) is 4.18. The van der Waals surface area contributed by atoms with Crippen LogP contribution >= 0.6 is 0 Å². The molecule has 2 atom stereocenters. The number of rotatable bonds is 6. The van der Waals surface area contributed by atoms with E-state index in [1.165, 1.54) is 0 Å². The van der Waals surface area contributed by atoms with Crippen LogP contribution in [0, 0.1) is 0 Å². The lowest BCUT2D eigenvalue weighted by molar-refractivity contribution is 0.686. The maximum absolute atomic E-state index is 11.5. The van der Waals surface area contributed by atoms with Crippen molar-refractivity contribution in [3.63, 3.8) is 0 Å². The summed E-state index contributed by atoms with van der Waals surface area (Å²) in [6, 6.07) is 24.2. The molecule has 4 heteroatoms. The van der Waals surface area contributed by atoms with Gasteiger partial charge in [-0.1, -0.05) is 48.5 Å². The van der Waals surface area contributed by atoms with E-state index in [2.05, 4.69) is 28.5 Å². The first-order chi connectivity index (χ1) is 11.7. The molecule has 0 radical (unpaired) electrons. The Hall–Kier alpha value is -2.46. The summed E-state index contributed by atoms with van der Waals surface area (Å²) in [7, 11) is -0.850. The van der Waals surface area contributed by atoms with E-state index in [1.54, 1.807) is 6.26 Å². The molecule has 3 aromatic rings. The number of benzene rings is 2. The van der Waals surface area contributed by atoms with Crippen molar-refractivity contribution in [2.45, 2.75) is 11.8 Å². The van der Waals surface area contributed by atoms with Crippen LogP contribution in [0.25, 0.3) is 0 Å². The molecule has 0 saturated carbocycles. The molecule has 0 bridgehead atoms. The lowest BCUT2D eigenvalue weighted by atomic mass is 10.0. The average Bonchev–Trinajstić information content (AvgIpc) is 2.61. The van der Waals surface area contributed by atoms with Gasteiger partial charge in [0.15, 0.2) is 0 Å². The van der Waals surface area contributed by atoms with Crippen LogP contribution < -0.4 is 5.32 Å². The van der Waals surface area contributed by atoms with Gasteiger partial charge in [-0.2, -0.15) is 0 Å². The first-order valence-corrected chi connectivity index (χ1v) is 9.56. The fourth-order valence-electron chi connectivity index (χ4n) is 2.67. The van der Waals surface area contributed by atoms with Gasteiger partial charge in [0.25, 0.3) is 0 Å². The van der Waals surface area contributed by atoms with Crippen molar-refractivity contribution in [1.29, 1.82) is 0 Å². The van der Waals surface area contributed by atoms with Gasteiger partial charge >= 0.3 is 0 Å². The summed E-state index contributed by atoms with van der Waals surface area (Å²) >= 11 is 0. The predicted molar refractivity (Wildman–Crippen MR) is 100 cm³/mol. The molecule has 0 amide bonds. The minimum atomic E-state index is -0.850. The van der Waals surface area contributed by atoms with Gasteiger partial charge in [-0.05, 0) is 35.4 Å². The van der Waals surface area contributed by atoms with Gasteiger partial charge in [0, 0.05) is 34.7 Å². The number of aromatic nitrogens is 1. The Morgan fingerprint density at radius 2 is 1.79 bits per heavy atom. The Labute approximate surface area is 145 Å². The summed E-state index contributed by atoms with van der Waals surface area (Å²) in [5, 5.41) is 3.56. The third-order valence-corrected chi connectivity index (χ3v) is 4.46. The molecular weight excluding hydrogens is 316 g/mol. The van der Waals surface area contributed by atoms with E-state index in [1.807, 2.05) is 60.8 Å².